The van der Waals surface area contributed by atoms with Crippen LogP contribution in [0.1, 0.15) is 18.0 Å². The fourth-order valence-corrected chi connectivity index (χ4v) is 4.37. The number of aromatic nitrogens is 2. The van der Waals surface area contributed by atoms with Gasteiger partial charge in [0, 0.05) is 24.9 Å². The summed E-state index contributed by atoms with van der Waals surface area (Å²) in [5, 5.41) is 0. The van der Waals surface area contributed by atoms with Crippen molar-refractivity contribution in [1.29, 1.82) is 0 Å². The molecule has 0 N–H and O–H groups in total. The van der Waals surface area contributed by atoms with Gasteiger partial charge in [-0.25, -0.2) is 9.37 Å². The Hall–Kier alpha value is -2.40. The Balaban J connectivity index is 1.36. The second-order valence-electron chi connectivity index (χ2n) is 7.37. The number of likely N-dealkylation sites (tertiary alicyclic amines) is 1. The van der Waals surface area contributed by atoms with Crippen LogP contribution < -0.4 is 0 Å². The summed E-state index contributed by atoms with van der Waals surface area (Å²) in [5.41, 5.74) is 2.39. The van der Waals surface area contributed by atoms with Gasteiger partial charge in [-0.05, 0) is 54.9 Å². The minimum atomic E-state index is -0.203. The Kier molecular flexibility index (Phi) is 3.31. The SMILES string of the molecule is Fc1ccc(-c2cnc3n2C[C@@]2(CCN(Cc4ccco4)C2)C3)cc1. The maximum atomic E-state index is 13.2. The first-order valence-electron chi connectivity index (χ1n) is 8.76. The van der Waals surface area contributed by atoms with E-state index in [9.17, 15) is 4.39 Å². The van der Waals surface area contributed by atoms with E-state index in [0.717, 1.165) is 55.4 Å². The molecule has 0 aliphatic carbocycles. The van der Waals surface area contributed by atoms with Gasteiger partial charge in [-0.1, -0.05) is 0 Å². The molecule has 1 saturated heterocycles. The van der Waals surface area contributed by atoms with Crippen LogP contribution in [0.15, 0.2) is 53.3 Å². The number of furan rings is 1. The lowest BCUT2D eigenvalue weighted by atomic mass is 9.86. The predicted molar refractivity (Wildman–Crippen MR) is 92.4 cm³/mol. The molecule has 25 heavy (non-hydrogen) atoms. The molecule has 0 amide bonds. The van der Waals surface area contributed by atoms with Crippen molar-refractivity contribution in [2.24, 2.45) is 5.41 Å². The van der Waals surface area contributed by atoms with E-state index in [1.807, 2.05) is 30.5 Å². The summed E-state index contributed by atoms with van der Waals surface area (Å²) < 4.78 is 21.0. The van der Waals surface area contributed by atoms with Crippen molar-refractivity contribution in [3.8, 4) is 11.3 Å². The Labute approximate surface area is 145 Å². The molecule has 2 aliphatic rings. The van der Waals surface area contributed by atoms with Crippen molar-refractivity contribution >= 4 is 0 Å². The molecule has 1 fully saturated rings. The lowest BCUT2D eigenvalue weighted by Crippen LogP contribution is -2.28. The van der Waals surface area contributed by atoms with Gasteiger partial charge < -0.3 is 8.98 Å². The number of rotatable bonds is 3. The van der Waals surface area contributed by atoms with E-state index in [4.69, 9.17) is 4.42 Å². The zero-order valence-corrected chi connectivity index (χ0v) is 14.0. The van der Waals surface area contributed by atoms with Crippen LogP contribution in [-0.2, 0) is 19.5 Å². The molecule has 4 nitrogen and oxygen atoms in total. The molecule has 1 aromatic carbocycles. The molecule has 0 saturated carbocycles. The van der Waals surface area contributed by atoms with E-state index in [1.165, 1.54) is 18.6 Å². The van der Waals surface area contributed by atoms with E-state index in [-0.39, 0.29) is 11.2 Å². The van der Waals surface area contributed by atoms with E-state index < -0.39 is 0 Å². The third-order valence-corrected chi connectivity index (χ3v) is 5.58. The van der Waals surface area contributed by atoms with Crippen molar-refractivity contribution < 1.29 is 8.81 Å². The molecular formula is C20H20FN3O. The quantitative estimate of drug-likeness (QED) is 0.730. The highest BCUT2D eigenvalue weighted by atomic mass is 19.1. The Morgan fingerprint density at radius 1 is 1.16 bits per heavy atom. The average molecular weight is 337 g/mol. The third kappa shape index (κ3) is 2.59. The van der Waals surface area contributed by atoms with E-state index >= 15 is 0 Å². The molecular weight excluding hydrogens is 317 g/mol. The van der Waals surface area contributed by atoms with Gasteiger partial charge in [0.15, 0.2) is 0 Å². The number of fused-ring (bicyclic) bond motifs is 1. The Morgan fingerprint density at radius 3 is 2.84 bits per heavy atom. The first kappa shape index (κ1) is 14.9. The first-order chi connectivity index (χ1) is 12.2. The van der Waals surface area contributed by atoms with Crippen LogP contribution in [0.25, 0.3) is 11.3 Å². The molecule has 1 atom stereocenters. The van der Waals surface area contributed by atoms with Crippen LogP contribution in [0, 0.1) is 11.2 Å². The summed E-state index contributed by atoms with van der Waals surface area (Å²) in [6, 6.07) is 10.7. The van der Waals surface area contributed by atoms with Crippen LogP contribution in [0.2, 0.25) is 0 Å². The average Bonchev–Trinajstić information content (AvgIpc) is 3.36. The summed E-state index contributed by atoms with van der Waals surface area (Å²) in [7, 11) is 0. The summed E-state index contributed by atoms with van der Waals surface area (Å²) in [4.78, 5) is 7.12. The third-order valence-electron chi connectivity index (χ3n) is 5.58. The Bertz CT molecular complexity index is 884. The largest absolute Gasteiger partial charge is 0.468 e. The van der Waals surface area contributed by atoms with Crippen molar-refractivity contribution in [2.45, 2.75) is 25.9 Å². The summed E-state index contributed by atoms with van der Waals surface area (Å²) in [6.45, 7) is 4.03. The smallest absolute Gasteiger partial charge is 0.123 e. The first-order valence-corrected chi connectivity index (χ1v) is 8.76. The van der Waals surface area contributed by atoms with Crippen LogP contribution in [-0.4, -0.2) is 27.5 Å². The fourth-order valence-electron chi connectivity index (χ4n) is 4.37. The number of benzene rings is 1. The molecule has 2 aliphatic heterocycles. The molecule has 128 valence electrons. The number of hydrogen-bond donors (Lipinski definition) is 0. The van der Waals surface area contributed by atoms with Gasteiger partial charge in [-0.2, -0.15) is 0 Å². The molecule has 0 bridgehead atoms. The topological polar surface area (TPSA) is 34.2 Å². The standard InChI is InChI=1S/C20H20FN3O/c21-16-5-3-15(4-6-16)18-11-22-19-10-20(14-24(18)19)7-8-23(13-20)12-17-2-1-9-25-17/h1-6,9,11H,7-8,10,12-14H2/t20-/m0/s1. The van der Waals surface area contributed by atoms with Gasteiger partial charge in [-0.15, -0.1) is 0 Å². The maximum absolute atomic E-state index is 13.2. The number of imidazole rings is 1. The summed E-state index contributed by atoms with van der Waals surface area (Å²) in [6.07, 6.45) is 5.86. The van der Waals surface area contributed by atoms with E-state index in [0.29, 0.717) is 0 Å². The predicted octanol–water partition coefficient (Wildman–Crippen LogP) is 3.73. The minimum absolute atomic E-state index is 0.203. The minimum Gasteiger partial charge on any atom is -0.468 e. The second kappa shape index (κ2) is 5.56. The van der Waals surface area contributed by atoms with Crippen molar-refractivity contribution in [2.75, 3.05) is 13.1 Å². The molecule has 2 aromatic heterocycles. The van der Waals surface area contributed by atoms with Gasteiger partial charge in [0.25, 0.3) is 0 Å². The van der Waals surface area contributed by atoms with Crippen LogP contribution >= 0.6 is 0 Å². The van der Waals surface area contributed by atoms with Crippen LogP contribution in [0.4, 0.5) is 4.39 Å². The highest BCUT2D eigenvalue weighted by Crippen LogP contribution is 2.42. The zero-order chi connectivity index (χ0) is 16.9. The van der Waals surface area contributed by atoms with Crippen molar-refractivity contribution in [1.82, 2.24) is 14.5 Å². The van der Waals surface area contributed by atoms with E-state index in [2.05, 4.69) is 14.5 Å². The van der Waals surface area contributed by atoms with Gasteiger partial charge >= 0.3 is 0 Å². The van der Waals surface area contributed by atoms with Gasteiger partial charge in [-0.3, -0.25) is 4.90 Å². The monoisotopic (exact) mass is 337 g/mol. The molecule has 3 aromatic rings. The summed E-state index contributed by atoms with van der Waals surface area (Å²) in [5.74, 6) is 1.98. The van der Waals surface area contributed by atoms with E-state index in [1.54, 1.807) is 6.26 Å². The maximum Gasteiger partial charge on any atom is 0.123 e. The van der Waals surface area contributed by atoms with Gasteiger partial charge in [0.05, 0.1) is 24.7 Å². The van der Waals surface area contributed by atoms with Crippen molar-refractivity contribution in [3.05, 3.63) is 66.3 Å². The highest BCUT2D eigenvalue weighted by Gasteiger charge is 2.44. The fraction of sp³-hybridized carbons (Fsp3) is 0.350. The summed E-state index contributed by atoms with van der Waals surface area (Å²) >= 11 is 0. The van der Waals surface area contributed by atoms with Gasteiger partial charge in [0.1, 0.15) is 17.4 Å². The molecule has 5 heteroatoms. The zero-order valence-electron chi connectivity index (χ0n) is 14.0. The van der Waals surface area contributed by atoms with Gasteiger partial charge in [0.2, 0.25) is 0 Å². The molecule has 0 unspecified atom stereocenters. The lowest BCUT2D eigenvalue weighted by Gasteiger charge is -2.23. The second-order valence-corrected chi connectivity index (χ2v) is 7.37. The molecule has 5 rings (SSSR count). The highest BCUT2D eigenvalue weighted by molar-refractivity contribution is 5.59. The molecule has 4 heterocycles. The Morgan fingerprint density at radius 2 is 2.04 bits per heavy atom. The normalized spacial score (nSPS) is 22.8. The number of hydrogen-bond acceptors (Lipinski definition) is 3. The molecule has 0 radical (unpaired) electrons. The van der Waals surface area contributed by atoms with Crippen LogP contribution in [0.3, 0.4) is 0 Å². The van der Waals surface area contributed by atoms with Crippen molar-refractivity contribution in [3.63, 3.8) is 0 Å². The number of nitrogens with zero attached hydrogens (tertiary/aromatic N) is 3. The lowest BCUT2D eigenvalue weighted by molar-refractivity contribution is 0.235. The van der Waals surface area contributed by atoms with Crippen LogP contribution in [0.5, 0.6) is 0 Å². The molecule has 1 spiro atoms. The number of halogens is 1.